The van der Waals surface area contributed by atoms with Crippen molar-refractivity contribution in [2.45, 2.75) is 58.7 Å². The van der Waals surface area contributed by atoms with Gasteiger partial charge in [-0.15, -0.1) is 0 Å². The Kier molecular flexibility index (Phi) is 6.23. The molecule has 10 nitrogen and oxygen atoms in total. The molecule has 0 bridgehead atoms. The summed E-state index contributed by atoms with van der Waals surface area (Å²) < 4.78 is 10.3. The molecule has 0 radical (unpaired) electrons. The number of alkyl carbamates (subject to hydrolysis) is 1. The normalized spacial score (nSPS) is 26.9. The number of nitrogens with zero attached hydrogens (tertiary/aromatic N) is 2. The van der Waals surface area contributed by atoms with Gasteiger partial charge in [0, 0.05) is 13.1 Å². The molecular weight excluding hydrogens is 394 g/mol. The molecule has 10 heteroatoms. The number of carbonyl (C=O) groups is 4. The van der Waals surface area contributed by atoms with Crippen LogP contribution in [0.1, 0.15) is 41.5 Å². The predicted molar refractivity (Wildman–Crippen MR) is 106 cm³/mol. The highest BCUT2D eigenvalue weighted by Crippen LogP contribution is 2.49. The summed E-state index contributed by atoms with van der Waals surface area (Å²) in [6.07, 6.45) is 0.613. The minimum Gasteiger partial charge on any atom is -0.479 e. The first-order chi connectivity index (χ1) is 13.7. The highest BCUT2D eigenvalue weighted by molar-refractivity contribution is 5.97. The van der Waals surface area contributed by atoms with Gasteiger partial charge < -0.3 is 19.9 Å². The van der Waals surface area contributed by atoms with Crippen LogP contribution < -0.4 is 5.32 Å². The number of fused-ring (bicyclic) bond motifs is 1. The van der Waals surface area contributed by atoms with Crippen molar-refractivity contribution in [3.8, 4) is 0 Å². The van der Waals surface area contributed by atoms with Crippen molar-refractivity contribution in [1.29, 1.82) is 0 Å². The zero-order valence-electron chi connectivity index (χ0n) is 18.4. The summed E-state index contributed by atoms with van der Waals surface area (Å²) in [5.41, 5.74) is -3.66. The van der Waals surface area contributed by atoms with Crippen molar-refractivity contribution in [3.63, 3.8) is 0 Å². The topological polar surface area (TPSA) is 125 Å². The summed E-state index contributed by atoms with van der Waals surface area (Å²) in [4.78, 5) is 50.7. The number of esters is 1. The number of carboxylic acid groups (broad SMARTS) is 1. The maximum atomic E-state index is 13.2. The SMILES string of the molecule is C=CCOC(=O)[C@H]1CN2CC(NC(=O)OC(C)(C)C)C(=O)N2C1(C(=O)O)C(C)(C)C. The lowest BCUT2D eigenvalue weighted by atomic mass is 9.66. The van der Waals surface area contributed by atoms with Crippen LogP contribution in [0, 0.1) is 11.3 Å². The molecule has 0 aromatic heterocycles. The molecule has 2 rings (SSSR count). The summed E-state index contributed by atoms with van der Waals surface area (Å²) in [6, 6.07) is -0.994. The van der Waals surface area contributed by atoms with Gasteiger partial charge in [-0.05, 0) is 26.2 Å². The van der Waals surface area contributed by atoms with E-state index in [0.29, 0.717) is 0 Å². The second-order valence-corrected chi connectivity index (χ2v) is 9.51. The fraction of sp³-hybridized carbons (Fsp3) is 0.700. The van der Waals surface area contributed by atoms with Crippen molar-refractivity contribution < 1.29 is 33.8 Å². The Bertz CT molecular complexity index is 752. The minimum atomic E-state index is -1.88. The summed E-state index contributed by atoms with van der Waals surface area (Å²) in [7, 11) is 0. The van der Waals surface area contributed by atoms with E-state index in [0.717, 1.165) is 5.01 Å². The Morgan fingerprint density at radius 2 is 1.83 bits per heavy atom. The van der Waals surface area contributed by atoms with Crippen LogP contribution in [-0.2, 0) is 23.9 Å². The number of amides is 2. The van der Waals surface area contributed by atoms with Gasteiger partial charge in [0.15, 0.2) is 5.54 Å². The van der Waals surface area contributed by atoms with Gasteiger partial charge in [-0.2, -0.15) is 0 Å². The van der Waals surface area contributed by atoms with E-state index in [4.69, 9.17) is 9.47 Å². The zero-order valence-corrected chi connectivity index (χ0v) is 18.4. The first kappa shape index (κ1) is 23.7. The van der Waals surface area contributed by atoms with Gasteiger partial charge in [0.05, 0.1) is 0 Å². The number of ether oxygens (including phenoxy) is 2. The lowest BCUT2D eigenvalue weighted by Gasteiger charge is -2.45. The van der Waals surface area contributed by atoms with Gasteiger partial charge in [0.1, 0.15) is 24.2 Å². The lowest BCUT2D eigenvalue weighted by Crippen LogP contribution is -2.66. The molecular formula is C20H31N3O7. The van der Waals surface area contributed by atoms with Gasteiger partial charge >= 0.3 is 18.0 Å². The summed E-state index contributed by atoms with van der Waals surface area (Å²) in [5, 5.41) is 15.4. The Morgan fingerprint density at radius 3 is 2.30 bits per heavy atom. The van der Waals surface area contributed by atoms with Crippen LogP contribution in [0.2, 0.25) is 0 Å². The maximum Gasteiger partial charge on any atom is 0.408 e. The summed E-state index contributed by atoms with van der Waals surface area (Å²) in [5.74, 6) is -3.76. The van der Waals surface area contributed by atoms with Crippen molar-refractivity contribution >= 4 is 23.9 Å². The predicted octanol–water partition coefficient (Wildman–Crippen LogP) is 1.17. The highest BCUT2D eigenvalue weighted by Gasteiger charge is 2.71. The number of carboxylic acids is 1. The number of nitrogens with one attached hydrogen (secondary N) is 1. The van der Waals surface area contributed by atoms with Crippen molar-refractivity contribution in [1.82, 2.24) is 15.3 Å². The molecule has 2 heterocycles. The van der Waals surface area contributed by atoms with E-state index >= 15 is 0 Å². The molecule has 3 atom stereocenters. The van der Waals surface area contributed by atoms with Crippen LogP contribution in [0.5, 0.6) is 0 Å². The highest BCUT2D eigenvalue weighted by atomic mass is 16.6. The molecule has 0 aromatic carbocycles. The van der Waals surface area contributed by atoms with E-state index in [2.05, 4.69) is 11.9 Å². The lowest BCUT2D eigenvalue weighted by molar-refractivity contribution is -0.182. The minimum absolute atomic E-state index is 0.0222. The smallest absolute Gasteiger partial charge is 0.408 e. The molecule has 0 aliphatic carbocycles. The summed E-state index contributed by atoms with van der Waals surface area (Å²) in [6.45, 7) is 13.5. The molecule has 168 valence electrons. The molecule has 2 aliphatic heterocycles. The Balaban J connectivity index is 2.39. The van der Waals surface area contributed by atoms with Crippen LogP contribution >= 0.6 is 0 Å². The zero-order chi connectivity index (χ0) is 23.1. The third-order valence-corrected chi connectivity index (χ3v) is 5.20. The van der Waals surface area contributed by atoms with Gasteiger partial charge in [0.25, 0.3) is 5.91 Å². The largest absolute Gasteiger partial charge is 0.479 e. The molecule has 2 saturated heterocycles. The van der Waals surface area contributed by atoms with E-state index < -0.39 is 52.5 Å². The third kappa shape index (κ3) is 4.00. The van der Waals surface area contributed by atoms with E-state index in [1.54, 1.807) is 41.5 Å². The van der Waals surface area contributed by atoms with Crippen LogP contribution in [0.15, 0.2) is 12.7 Å². The average molecular weight is 425 g/mol. The van der Waals surface area contributed by atoms with E-state index in [-0.39, 0.29) is 19.7 Å². The molecule has 2 N–H and O–H groups in total. The summed E-state index contributed by atoms with van der Waals surface area (Å²) >= 11 is 0. The Labute approximate surface area is 176 Å². The number of aliphatic carboxylic acids is 1. The van der Waals surface area contributed by atoms with Crippen LogP contribution in [-0.4, -0.2) is 75.9 Å². The second-order valence-electron chi connectivity index (χ2n) is 9.51. The molecule has 2 fully saturated rings. The third-order valence-electron chi connectivity index (χ3n) is 5.20. The van der Waals surface area contributed by atoms with Crippen molar-refractivity contribution in [3.05, 3.63) is 12.7 Å². The Hall–Kier alpha value is -2.62. The average Bonchev–Trinajstić information content (AvgIpc) is 3.06. The van der Waals surface area contributed by atoms with E-state index in [1.165, 1.54) is 11.1 Å². The molecule has 0 saturated carbocycles. The number of carbonyl (C=O) groups excluding carboxylic acids is 3. The fourth-order valence-electron chi connectivity index (χ4n) is 4.15. The first-order valence-corrected chi connectivity index (χ1v) is 9.76. The first-order valence-electron chi connectivity index (χ1n) is 9.76. The molecule has 2 unspecified atom stereocenters. The van der Waals surface area contributed by atoms with Crippen molar-refractivity contribution in [2.75, 3.05) is 19.7 Å². The monoisotopic (exact) mass is 425 g/mol. The van der Waals surface area contributed by atoms with Gasteiger partial charge in [0.2, 0.25) is 0 Å². The van der Waals surface area contributed by atoms with E-state index in [1.807, 2.05) is 0 Å². The molecule has 2 amide bonds. The van der Waals surface area contributed by atoms with Crippen LogP contribution in [0.25, 0.3) is 0 Å². The van der Waals surface area contributed by atoms with Crippen molar-refractivity contribution in [2.24, 2.45) is 11.3 Å². The van der Waals surface area contributed by atoms with Gasteiger partial charge in [-0.25, -0.2) is 14.6 Å². The van der Waals surface area contributed by atoms with Crippen LogP contribution in [0.3, 0.4) is 0 Å². The standard InChI is InChI=1S/C20H31N3O7/c1-8-9-29-15(25)12-10-22-11-13(21-17(28)30-19(5,6)7)14(24)23(22)20(12,16(26)27)18(2,3)4/h8,12-13H,1,9-11H2,2-7H3,(H,21,28)(H,26,27)/t12-,13?,20?/m1/s1. The molecule has 30 heavy (non-hydrogen) atoms. The van der Waals surface area contributed by atoms with Gasteiger partial charge in [-0.3, -0.25) is 14.6 Å². The number of hydrogen-bond acceptors (Lipinski definition) is 7. The molecule has 0 spiro atoms. The number of hydrazine groups is 1. The molecule has 2 aliphatic rings. The maximum absolute atomic E-state index is 13.2. The van der Waals surface area contributed by atoms with E-state index in [9.17, 15) is 24.3 Å². The quantitative estimate of drug-likeness (QED) is 0.497. The second kappa shape index (κ2) is 7.90. The number of rotatable bonds is 5. The van der Waals surface area contributed by atoms with Gasteiger partial charge in [-0.1, -0.05) is 33.4 Å². The molecule has 0 aromatic rings. The van der Waals surface area contributed by atoms with Crippen LogP contribution in [0.4, 0.5) is 4.79 Å². The Morgan fingerprint density at radius 1 is 1.23 bits per heavy atom. The number of hydrogen-bond donors (Lipinski definition) is 2. The fourth-order valence-corrected chi connectivity index (χ4v) is 4.15.